The van der Waals surface area contributed by atoms with E-state index in [1.54, 1.807) is 11.8 Å². The minimum Gasteiger partial charge on any atom is -0.356 e. The van der Waals surface area contributed by atoms with Crippen molar-refractivity contribution in [2.45, 2.75) is 51.2 Å². The highest BCUT2D eigenvalue weighted by atomic mass is 32.2. The Kier molecular flexibility index (Phi) is 6.12. The number of thioether (sulfide) groups is 1. The molecule has 2 aromatic rings. The van der Waals surface area contributed by atoms with E-state index in [0.29, 0.717) is 19.5 Å². The fraction of sp³-hybridized carbons (Fsp3) is 0.647. The predicted octanol–water partition coefficient (Wildman–Crippen LogP) is 2.45. The van der Waals surface area contributed by atoms with E-state index in [-0.39, 0.29) is 5.91 Å². The Labute approximate surface area is 152 Å². The zero-order valence-corrected chi connectivity index (χ0v) is 15.8. The van der Waals surface area contributed by atoms with Crippen molar-refractivity contribution in [1.82, 2.24) is 25.1 Å². The van der Waals surface area contributed by atoms with Gasteiger partial charge in [-0.3, -0.25) is 4.79 Å². The van der Waals surface area contributed by atoms with Gasteiger partial charge in [-0.2, -0.15) is 5.10 Å². The van der Waals surface area contributed by atoms with Crippen LogP contribution in [0.3, 0.4) is 0 Å². The summed E-state index contributed by atoms with van der Waals surface area (Å²) in [5.74, 6) is 2.07. The van der Waals surface area contributed by atoms with Crippen molar-refractivity contribution in [3.05, 3.63) is 6.20 Å². The molecule has 0 atom stereocenters. The zero-order valence-electron chi connectivity index (χ0n) is 15.0. The largest absolute Gasteiger partial charge is 0.356 e. The highest BCUT2D eigenvalue weighted by molar-refractivity contribution is 7.99. The molecule has 0 aliphatic carbocycles. The number of hydrogen-bond donors (Lipinski definition) is 1. The molecular formula is C17H26N6OS. The van der Waals surface area contributed by atoms with Gasteiger partial charge in [0.1, 0.15) is 5.82 Å². The molecule has 136 valence electrons. The Morgan fingerprint density at radius 2 is 2.08 bits per heavy atom. The van der Waals surface area contributed by atoms with E-state index in [2.05, 4.69) is 22.2 Å². The zero-order chi connectivity index (χ0) is 17.6. The molecule has 7 nitrogen and oxygen atoms in total. The maximum atomic E-state index is 11.4. The van der Waals surface area contributed by atoms with Crippen LogP contribution in [-0.4, -0.2) is 51.0 Å². The molecule has 0 radical (unpaired) electrons. The average Bonchev–Trinajstić information content (AvgIpc) is 3.29. The summed E-state index contributed by atoms with van der Waals surface area (Å²) in [5.41, 5.74) is 0.862. The number of carbonyl (C=O) groups excluding carboxylic acids is 1. The summed E-state index contributed by atoms with van der Waals surface area (Å²) in [6.45, 7) is 7.27. The second-order valence-electron chi connectivity index (χ2n) is 6.18. The smallest absolute Gasteiger partial charge is 0.219 e. The molecule has 0 spiro atoms. The lowest BCUT2D eigenvalue weighted by molar-refractivity contribution is -0.120. The minimum absolute atomic E-state index is 0.0584. The second-order valence-corrected chi connectivity index (χ2v) is 7.24. The van der Waals surface area contributed by atoms with E-state index in [1.807, 2.05) is 17.8 Å². The average molecular weight is 363 g/mol. The van der Waals surface area contributed by atoms with E-state index >= 15 is 0 Å². The topological polar surface area (TPSA) is 75.9 Å². The number of rotatable bonds is 8. The molecule has 1 fully saturated rings. The third-order valence-electron chi connectivity index (χ3n) is 4.26. The first-order valence-corrected chi connectivity index (χ1v) is 10.1. The van der Waals surface area contributed by atoms with Crippen molar-refractivity contribution >= 4 is 34.5 Å². The third-order valence-corrected chi connectivity index (χ3v) is 5.32. The number of amides is 1. The monoisotopic (exact) mass is 362 g/mol. The van der Waals surface area contributed by atoms with Gasteiger partial charge in [-0.15, -0.1) is 0 Å². The first-order valence-electron chi connectivity index (χ1n) is 9.11. The quantitative estimate of drug-likeness (QED) is 0.574. The highest BCUT2D eigenvalue weighted by Crippen LogP contribution is 2.29. The summed E-state index contributed by atoms with van der Waals surface area (Å²) < 4.78 is 1.88. The molecular weight excluding hydrogens is 336 g/mol. The maximum absolute atomic E-state index is 11.4. The van der Waals surface area contributed by atoms with Crippen LogP contribution in [0.15, 0.2) is 11.4 Å². The Bertz CT molecular complexity index is 725. The van der Waals surface area contributed by atoms with E-state index in [9.17, 15) is 4.79 Å². The number of aromatic nitrogens is 4. The lowest BCUT2D eigenvalue weighted by Gasteiger charge is -2.18. The molecule has 1 N–H and O–H groups in total. The number of fused-ring (bicyclic) bond motifs is 1. The molecule has 3 rings (SSSR count). The van der Waals surface area contributed by atoms with Crippen LogP contribution >= 0.6 is 11.8 Å². The summed E-state index contributed by atoms with van der Waals surface area (Å²) in [6, 6.07) is 0. The molecule has 0 unspecified atom stereocenters. The second kappa shape index (κ2) is 8.51. The van der Waals surface area contributed by atoms with Gasteiger partial charge in [-0.05, 0) is 19.3 Å². The number of nitrogens with zero attached hydrogens (tertiary/aromatic N) is 5. The van der Waals surface area contributed by atoms with E-state index in [1.165, 1.54) is 12.8 Å². The molecule has 0 bridgehead atoms. The standard InChI is InChI=1S/C17H26N6OS/c1-3-11-25-17-20-15(22-8-5-6-9-22)13-12-19-23(16(13)21-17)10-7-18-14(24)4-2/h12H,3-11H2,1-2H3,(H,18,24). The first-order chi connectivity index (χ1) is 12.2. The molecule has 1 saturated heterocycles. The van der Waals surface area contributed by atoms with Crippen molar-refractivity contribution in [2.75, 3.05) is 30.3 Å². The molecule has 1 aliphatic heterocycles. The summed E-state index contributed by atoms with van der Waals surface area (Å²) in [4.78, 5) is 23.3. The normalized spacial score (nSPS) is 14.4. The van der Waals surface area contributed by atoms with Gasteiger partial charge < -0.3 is 10.2 Å². The van der Waals surface area contributed by atoms with Crippen molar-refractivity contribution in [3.8, 4) is 0 Å². The van der Waals surface area contributed by atoms with Gasteiger partial charge >= 0.3 is 0 Å². The van der Waals surface area contributed by atoms with Crippen LogP contribution in [0.5, 0.6) is 0 Å². The molecule has 3 heterocycles. The van der Waals surface area contributed by atoms with Gasteiger partial charge in [0.25, 0.3) is 0 Å². The Morgan fingerprint density at radius 3 is 2.80 bits per heavy atom. The minimum atomic E-state index is 0.0584. The number of nitrogens with one attached hydrogen (secondary N) is 1. The summed E-state index contributed by atoms with van der Waals surface area (Å²) in [6.07, 6.45) is 5.87. The van der Waals surface area contributed by atoms with Crippen molar-refractivity contribution < 1.29 is 4.79 Å². The van der Waals surface area contributed by atoms with Crippen LogP contribution in [0.25, 0.3) is 11.0 Å². The molecule has 1 amide bonds. The molecule has 25 heavy (non-hydrogen) atoms. The van der Waals surface area contributed by atoms with E-state index < -0.39 is 0 Å². The summed E-state index contributed by atoms with van der Waals surface area (Å²) >= 11 is 1.69. The van der Waals surface area contributed by atoms with Crippen LogP contribution in [0.4, 0.5) is 5.82 Å². The molecule has 0 saturated carbocycles. The lowest BCUT2D eigenvalue weighted by atomic mass is 10.3. The fourth-order valence-corrected chi connectivity index (χ4v) is 3.63. The number of hydrogen-bond acceptors (Lipinski definition) is 6. The van der Waals surface area contributed by atoms with Crippen LogP contribution in [0, 0.1) is 0 Å². The van der Waals surface area contributed by atoms with Crippen molar-refractivity contribution in [1.29, 1.82) is 0 Å². The molecule has 2 aromatic heterocycles. The SMILES string of the molecule is CCCSc1nc(N2CCCC2)c2cnn(CCNC(=O)CC)c2n1. The Hall–Kier alpha value is -1.83. The Balaban J connectivity index is 1.88. The van der Waals surface area contributed by atoms with Gasteiger partial charge in [0.05, 0.1) is 18.1 Å². The molecule has 0 aromatic carbocycles. The fourth-order valence-electron chi connectivity index (χ4n) is 2.94. The summed E-state index contributed by atoms with van der Waals surface area (Å²) in [7, 11) is 0. The van der Waals surface area contributed by atoms with Gasteiger partial charge in [0, 0.05) is 31.8 Å². The van der Waals surface area contributed by atoms with Crippen molar-refractivity contribution in [3.63, 3.8) is 0 Å². The van der Waals surface area contributed by atoms with Crippen LogP contribution in [0.1, 0.15) is 39.5 Å². The molecule has 1 aliphatic rings. The Morgan fingerprint density at radius 1 is 1.28 bits per heavy atom. The van der Waals surface area contributed by atoms with Crippen LogP contribution in [0.2, 0.25) is 0 Å². The van der Waals surface area contributed by atoms with Gasteiger partial charge in [-0.1, -0.05) is 25.6 Å². The molecule has 8 heteroatoms. The van der Waals surface area contributed by atoms with Gasteiger partial charge in [0.2, 0.25) is 5.91 Å². The van der Waals surface area contributed by atoms with Crippen LogP contribution < -0.4 is 10.2 Å². The van der Waals surface area contributed by atoms with Crippen molar-refractivity contribution in [2.24, 2.45) is 0 Å². The maximum Gasteiger partial charge on any atom is 0.219 e. The van der Waals surface area contributed by atoms with E-state index in [0.717, 1.165) is 47.3 Å². The number of carbonyl (C=O) groups is 1. The van der Waals surface area contributed by atoms with Crippen LogP contribution in [-0.2, 0) is 11.3 Å². The lowest BCUT2D eigenvalue weighted by Crippen LogP contribution is -2.26. The summed E-state index contributed by atoms with van der Waals surface area (Å²) in [5, 5.41) is 9.21. The van der Waals surface area contributed by atoms with Gasteiger partial charge in [0.15, 0.2) is 10.8 Å². The highest BCUT2D eigenvalue weighted by Gasteiger charge is 2.20. The predicted molar refractivity (Wildman–Crippen MR) is 101 cm³/mol. The van der Waals surface area contributed by atoms with E-state index in [4.69, 9.17) is 9.97 Å². The van der Waals surface area contributed by atoms with Gasteiger partial charge in [-0.25, -0.2) is 14.6 Å². The third kappa shape index (κ3) is 4.23. The first kappa shape index (κ1) is 18.0. The number of anilines is 1.